The number of hydrogen-bond acceptors (Lipinski definition) is 1. The molecule has 2 heterocycles. The van der Waals surface area contributed by atoms with Crippen LogP contribution in [0.4, 0.5) is 0 Å². The summed E-state index contributed by atoms with van der Waals surface area (Å²) >= 11 is 0. The zero-order valence-corrected chi connectivity index (χ0v) is 15.7. The van der Waals surface area contributed by atoms with Crippen LogP contribution in [0.3, 0.4) is 0 Å². The molecule has 0 fully saturated rings. The molecule has 2 aromatic heterocycles. The van der Waals surface area contributed by atoms with E-state index < -0.39 is 0 Å². The average Bonchev–Trinajstić information content (AvgIpc) is 2.64. The van der Waals surface area contributed by atoms with Gasteiger partial charge in [-0.05, 0) is 67.6 Å². The Morgan fingerprint density at radius 3 is 2.46 bits per heavy atom. The van der Waals surface area contributed by atoms with Gasteiger partial charge in [0.1, 0.15) is 7.05 Å². The summed E-state index contributed by atoms with van der Waals surface area (Å²) in [6.45, 7) is 6.56. The number of aromatic nitrogens is 2. The minimum absolute atomic E-state index is 1.01. The van der Waals surface area contributed by atoms with Crippen molar-refractivity contribution in [3.63, 3.8) is 0 Å². The van der Waals surface area contributed by atoms with Gasteiger partial charge in [0.05, 0.1) is 5.69 Å². The summed E-state index contributed by atoms with van der Waals surface area (Å²) in [5.41, 5.74) is 8.66. The highest BCUT2D eigenvalue weighted by atomic mass is 14.9. The van der Waals surface area contributed by atoms with E-state index in [0.717, 1.165) is 11.3 Å². The molecule has 0 aliphatic carbocycles. The van der Waals surface area contributed by atoms with Gasteiger partial charge in [-0.25, -0.2) is 4.57 Å². The number of aryl methyl sites for hydroxylation is 3. The Morgan fingerprint density at radius 1 is 0.846 bits per heavy atom. The van der Waals surface area contributed by atoms with E-state index in [1.54, 1.807) is 0 Å². The lowest BCUT2D eigenvalue weighted by Gasteiger charge is -2.10. The lowest BCUT2D eigenvalue weighted by atomic mass is 9.96. The number of nitrogens with zero attached hydrogens (tertiary/aromatic N) is 2. The van der Waals surface area contributed by atoms with Crippen molar-refractivity contribution in [1.82, 2.24) is 4.98 Å². The fourth-order valence-electron chi connectivity index (χ4n) is 3.61. The van der Waals surface area contributed by atoms with E-state index in [1.807, 2.05) is 18.3 Å². The Kier molecular flexibility index (Phi) is 4.04. The highest BCUT2D eigenvalue weighted by molar-refractivity contribution is 5.88. The van der Waals surface area contributed by atoms with Crippen LogP contribution in [0.15, 0.2) is 67.0 Å². The molecule has 0 amide bonds. The van der Waals surface area contributed by atoms with E-state index >= 15 is 0 Å². The van der Waals surface area contributed by atoms with Gasteiger partial charge in [-0.1, -0.05) is 23.8 Å². The van der Waals surface area contributed by atoms with Crippen molar-refractivity contribution in [3.05, 3.63) is 83.7 Å². The maximum absolute atomic E-state index is 4.49. The Morgan fingerprint density at radius 2 is 1.69 bits per heavy atom. The molecule has 4 rings (SSSR count). The van der Waals surface area contributed by atoms with Crippen LogP contribution in [0.5, 0.6) is 0 Å². The first-order valence-electron chi connectivity index (χ1n) is 8.96. The second-order valence-corrected chi connectivity index (χ2v) is 7.08. The van der Waals surface area contributed by atoms with Gasteiger partial charge in [0.25, 0.3) is 0 Å². The minimum Gasteiger partial charge on any atom is -0.256 e. The monoisotopic (exact) mass is 339 g/mol. The van der Waals surface area contributed by atoms with E-state index in [4.69, 9.17) is 0 Å². The molecule has 0 saturated carbocycles. The standard InChI is InChI=1S/C24H23N2/c1-16-11-17(2)18(3)22(12-16)24-14-21-13-19(23-7-5-6-10-25-23)8-9-20(21)15-26(24)4/h5-15H,1-4H3/q+1. The van der Waals surface area contributed by atoms with Gasteiger partial charge >= 0.3 is 0 Å². The van der Waals surface area contributed by atoms with E-state index in [9.17, 15) is 0 Å². The molecule has 2 heteroatoms. The van der Waals surface area contributed by atoms with Gasteiger partial charge in [0.15, 0.2) is 6.20 Å². The van der Waals surface area contributed by atoms with Crippen molar-refractivity contribution in [2.24, 2.45) is 7.05 Å². The van der Waals surface area contributed by atoms with Crippen LogP contribution < -0.4 is 4.57 Å². The normalized spacial score (nSPS) is 11.1. The summed E-state index contributed by atoms with van der Waals surface area (Å²) in [5.74, 6) is 0. The molecule has 0 aliphatic rings. The summed E-state index contributed by atoms with van der Waals surface area (Å²) < 4.78 is 2.23. The smallest absolute Gasteiger partial charge is 0.213 e. The summed E-state index contributed by atoms with van der Waals surface area (Å²) in [6, 6.07) is 19.4. The van der Waals surface area contributed by atoms with Crippen molar-refractivity contribution in [2.45, 2.75) is 20.8 Å². The second kappa shape index (κ2) is 6.38. The van der Waals surface area contributed by atoms with Crippen LogP contribution in [-0.2, 0) is 7.05 Å². The third kappa shape index (κ3) is 2.88. The molecule has 0 bridgehead atoms. The van der Waals surface area contributed by atoms with Crippen LogP contribution in [0.25, 0.3) is 33.3 Å². The Bertz CT molecular complexity index is 1110. The van der Waals surface area contributed by atoms with Crippen LogP contribution in [0, 0.1) is 20.8 Å². The number of pyridine rings is 2. The third-order valence-corrected chi connectivity index (χ3v) is 5.14. The van der Waals surface area contributed by atoms with E-state index in [1.165, 1.54) is 38.7 Å². The molecule has 128 valence electrons. The molecule has 0 aliphatic heterocycles. The fourth-order valence-corrected chi connectivity index (χ4v) is 3.61. The van der Waals surface area contributed by atoms with E-state index in [0.29, 0.717) is 0 Å². The van der Waals surface area contributed by atoms with Crippen LogP contribution in [0.2, 0.25) is 0 Å². The average molecular weight is 339 g/mol. The molecule has 2 nitrogen and oxygen atoms in total. The van der Waals surface area contributed by atoms with Crippen molar-refractivity contribution >= 4 is 10.8 Å². The molecule has 0 unspecified atom stereocenters. The first-order chi connectivity index (χ1) is 12.5. The van der Waals surface area contributed by atoms with Gasteiger partial charge in [0, 0.05) is 28.8 Å². The first-order valence-corrected chi connectivity index (χ1v) is 8.96. The molecule has 0 saturated heterocycles. The Hall–Kier alpha value is -3.00. The van der Waals surface area contributed by atoms with Gasteiger partial charge in [-0.3, -0.25) is 4.98 Å². The van der Waals surface area contributed by atoms with Crippen molar-refractivity contribution < 1.29 is 4.57 Å². The quantitative estimate of drug-likeness (QED) is 0.452. The molecule has 0 spiro atoms. The third-order valence-electron chi connectivity index (χ3n) is 5.14. The molecular weight excluding hydrogens is 316 g/mol. The molecular formula is C24H23N2+. The number of fused-ring (bicyclic) bond motifs is 1. The van der Waals surface area contributed by atoms with Gasteiger partial charge in [0.2, 0.25) is 5.69 Å². The summed E-state index contributed by atoms with van der Waals surface area (Å²) in [4.78, 5) is 4.49. The first kappa shape index (κ1) is 16.5. The SMILES string of the molecule is Cc1cc(C)c(C)c(-c2cc3cc(-c4ccccn4)ccc3c[n+]2C)c1. The van der Waals surface area contributed by atoms with Gasteiger partial charge in [-0.15, -0.1) is 0 Å². The Labute approximate surface area is 154 Å². The van der Waals surface area contributed by atoms with Crippen molar-refractivity contribution in [2.75, 3.05) is 0 Å². The van der Waals surface area contributed by atoms with Crippen LogP contribution >= 0.6 is 0 Å². The lowest BCUT2D eigenvalue weighted by Crippen LogP contribution is -2.30. The molecule has 2 aromatic carbocycles. The van der Waals surface area contributed by atoms with Crippen LogP contribution in [-0.4, -0.2) is 4.98 Å². The molecule has 0 N–H and O–H groups in total. The molecule has 0 atom stereocenters. The van der Waals surface area contributed by atoms with E-state index in [2.05, 4.69) is 86.0 Å². The van der Waals surface area contributed by atoms with Gasteiger partial charge < -0.3 is 0 Å². The second-order valence-electron chi connectivity index (χ2n) is 7.08. The lowest BCUT2D eigenvalue weighted by molar-refractivity contribution is -0.659. The highest BCUT2D eigenvalue weighted by Gasteiger charge is 2.16. The highest BCUT2D eigenvalue weighted by Crippen LogP contribution is 2.28. The summed E-state index contributed by atoms with van der Waals surface area (Å²) in [5, 5.41) is 2.47. The maximum atomic E-state index is 4.49. The number of rotatable bonds is 2. The molecule has 4 aromatic rings. The summed E-state index contributed by atoms with van der Waals surface area (Å²) in [7, 11) is 2.12. The largest absolute Gasteiger partial charge is 0.256 e. The maximum Gasteiger partial charge on any atom is 0.213 e. The van der Waals surface area contributed by atoms with Crippen molar-refractivity contribution in [1.29, 1.82) is 0 Å². The molecule has 26 heavy (non-hydrogen) atoms. The zero-order chi connectivity index (χ0) is 18.3. The minimum atomic E-state index is 1.01. The predicted octanol–water partition coefficient (Wildman–Crippen LogP) is 5.32. The topological polar surface area (TPSA) is 16.8 Å². The zero-order valence-electron chi connectivity index (χ0n) is 15.7. The Balaban J connectivity index is 1.93. The molecule has 0 radical (unpaired) electrons. The fraction of sp³-hybridized carbons (Fsp3) is 0.167. The summed E-state index contributed by atoms with van der Waals surface area (Å²) in [6.07, 6.45) is 4.05. The van der Waals surface area contributed by atoms with Crippen LogP contribution in [0.1, 0.15) is 16.7 Å². The van der Waals surface area contributed by atoms with Gasteiger partial charge in [-0.2, -0.15) is 0 Å². The van der Waals surface area contributed by atoms with Crippen molar-refractivity contribution in [3.8, 4) is 22.5 Å². The van der Waals surface area contributed by atoms with E-state index in [-0.39, 0.29) is 0 Å². The predicted molar refractivity (Wildman–Crippen MR) is 108 cm³/mol. The number of hydrogen-bond donors (Lipinski definition) is 0. The number of benzene rings is 2.